The van der Waals surface area contributed by atoms with E-state index in [2.05, 4.69) is 72.8 Å². The fraction of sp³-hybridized carbons (Fsp3) is 0.294. The number of hydrogen-bond acceptors (Lipinski definition) is 8. The molecular weight excluding hydrogens is 536 g/mol. The Labute approximate surface area is 244 Å². The third-order valence-corrected chi connectivity index (χ3v) is 7.98. The normalized spacial score (nSPS) is 22.3. The lowest BCUT2D eigenvalue weighted by Gasteiger charge is -2.34. The van der Waals surface area contributed by atoms with Crippen molar-refractivity contribution in [3.05, 3.63) is 119 Å². The van der Waals surface area contributed by atoms with Crippen LogP contribution in [0.4, 0.5) is 0 Å². The topological polar surface area (TPSA) is 118 Å². The van der Waals surface area contributed by atoms with Crippen molar-refractivity contribution < 1.29 is 39.4 Å². The molecule has 218 valence electrons. The molecule has 42 heavy (non-hydrogen) atoms. The third-order valence-electron chi connectivity index (χ3n) is 7.98. The van der Waals surface area contributed by atoms with Crippen molar-refractivity contribution in [3.63, 3.8) is 0 Å². The lowest BCUT2D eigenvalue weighted by atomic mass is 9.68. The average Bonchev–Trinajstić information content (AvgIpc) is 3.34. The molecule has 4 atom stereocenters. The minimum absolute atomic E-state index is 0.0451. The molecule has 1 unspecified atom stereocenters. The van der Waals surface area contributed by atoms with E-state index in [-0.39, 0.29) is 33.0 Å². The number of ether oxygens (including phenoxy) is 4. The molecule has 2 aliphatic rings. The van der Waals surface area contributed by atoms with Crippen LogP contribution in [-0.2, 0) is 14.9 Å². The van der Waals surface area contributed by atoms with Gasteiger partial charge in [-0.1, -0.05) is 72.8 Å². The van der Waals surface area contributed by atoms with Crippen molar-refractivity contribution in [2.45, 2.75) is 30.0 Å². The van der Waals surface area contributed by atoms with Gasteiger partial charge in [0.15, 0.2) is 6.29 Å². The summed E-state index contributed by atoms with van der Waals surface area (Å²) in [6.07, 6.45) is -4.83. The molecule has 8 nitrogen and oxygen atoms in total. The summed E-state index contributed by atoms with van der Waals surface area (Å²) < 4.78 is 22.4. The molecule has 0 saturated carbocycles. The SMILES string of the molecule is OCCOc1ccc(C2(c3ccc(OCCOC4OC[C@@H](O)[C@H](O)[C@H]4O)cc3)c3ccccc3-c3ccccc32)cc1. The largest absolute Gasteiger partial charge is 0.491 e. The highest BCUT2D eigenvalue weighted by Gasteiger charge is 2.46. The highest BCUT2D eigenvalue weighted by atomic mass is 16.7. The Bertz CT molecular complexity index is 1440. The molecule has 1 heterocycles. The minimum atomic E-state index is -1.34. The molecule has 1 aliphatic heterocycles. The molecule has 8 heteroatoms. The highest BCUT2D eigenvalue weighted by Crippen LogP contribution is 2.56. The maximum absolute atomic E-state index is 10.1. The molecule has 1 aliphatic carbocycles. The van der Waals surface area contributed by atoms with Gasteiger partial charge in [-0.2, -0.15) is 0 Å². The molecule has 0 radical (unpaired) electrons. The Morgan fingerprint density at radius 3 is 1.71 bits per heavy atom. The first-order valence-corrected chi connectivity index (χ1v) is 14.1. The van der Waals surface area contributed by atoms with E-state index in [0.29, 0.717) is 11.5 Å². The van der Waals surface area contributed by atoms with Crippen molar-refractivity contribution in [1.29, 1.82) is 0 Å². The van der Waals surface area contributed by atoms with Gasteiger partial charge in [-0.3, -0.25) is 0 Å². The van der Waals surface area contributed by atoms with E-state index in [1.54, 1.807) is 0 Å². The predicted molar refractivity (Wildman–Crippen MR) is 156 cm³/mol. The summed E-state index contributed by atoms with van der Waals surface area (Å²) in [7, 11) is 0. The van der Waals surface area contributed by atoms with Gasteiger partial charge in [0.2, 0.25) is 0 Å². The van der Waals surface area contributed by atoms with Crippen LogP contribution >= 0.6 is 0 Å². The molecule has 4 N–H and O–H groups in total. The van der Waals surface area contributed by atoms with E-state index in [1.807, 2.05) is 24.3 Å². The third kappa shape index (κ3) is 5.07. The number of aliphatic hydroxyl groups excluding tert-OH is 4. The zero-order chi connectivity index (χ0) is 29.1. The second-order valence-corrected chi connectivity index (χ2v) is 10.4. The molecule has 6 rings (SSSR count). The predicted octanol–water partition coefficient (Wildman–Crippen LogP) is 3.26. The van der Waals surface area contributed by atoms with Crippen LogP contribution in [0, 0.1) is 0 Å². The maximum atomic E-state index is 10.1. The number of benzene rings is 4. The Kier molecular flexibility index (Phi) is 8.26. The molecule has 4 aromatic carbocycles. The van der Waals surface area contributed by atoms with Crippen molar-refractivity contribution in [2.75, 3.05) is 33.0 Å². The van der Waals surface area contributed by atoms with E-state index >= 15 is 0 Å². The highest BCUT2D eigenvalue weighted by molar-refractivity contribution is 5.86. The maximum Gasteiger partial charge on any atom is 0.186 e. The summed E-state index contributed by atoms with van der Waals surface area (Å²) in [5, 5.41) is 38.7. The lowest BCUT2D eigenvalue weighted by molar-refractivity contribution is -0.270. The van der Waals surface area contributed by atoms with Crippen LogP contribution in [0.15, 0.2) is 97.1 Å². The van der Waals surface area contributed by atoms with Crippen molar-refractivity contribution >= 4 is 0 Å². The van der Waals surface area contributed by atoms with Crippen molar-refractivity contribution in [3.8, 4) is 22.6 Å². The fourth-order valence-corrected chi connectivity index (χ4v) is 6.04. The first kappa shape index (κ1) is 28.4. The monoisotopic (exact) mass is 570 g/mol. The number of rotatable bonds is 10. The summed E-state index contributed by atoms with van der Waals surface area (Å²) in [6.45, 7) is 0.411. The van der Waals surface area contributed by atoms with E-state index in [9.17, 15) is 15.3 Å². The lowest BCUT2D eigenvalue weighted by Crippen LogP contribution is -2.53. The van der Waals surface area contributed by atoms with Gasteiger partial charge >= 0.3 is 0 Å². The van der Waals surface area contributed by atoms with Gasteiger partial charge in [0, 0.05) is 0 Å². The molecular formula is C34H34O8. The van der Waals surface area contributed by atoms with Gasteiger partial charge in [0.05, 0.1) is 25.2 Å². The summed E-state index contributed by atoms with van der Waals surface area (Å²) in [4.78, 5) is 0. The minimum Gasteiger partial charge on any atom is -0.491 e. The number of hydrogen-bond donors (Lipinski definition) is 4. The zero-order valence-corrected chi connectivity index (χ0v) is 23.0. The number of aliphatic hydroxyl groups is 4. The van der Waals surface area contributed by atoms with E-state index in [1.165, 1.54) is 22.3 Å². The van der Waals surface area contributed by atoms with Crippen LogP contribution in [0.1, 0.15) is 22.3 Å². The van der Waals surface area contributed by atoms with E-state index < -0.39 is 30.0 Å². The smallest absolute Gasteiger partial charge is 0.186 e. The van der Waals surface area contributed by atoms with Crippen LogP contribution in [0.2, 0.25) is 0 Å². The fourth-order valence-electron chi connectivity index (χ4n) is 6.04. The van der Waals surface area contributed by atoms with Gasteiger partial charge in [-0.25, -0.2) is 0 Å². The van der Waals surface area contributed by atoms with Crippen LogP contribution in [0.25, 0.3) is 11.1 Å². The number of fused-ring (bicyclic) bond motifs is 3. The van der Waals surface area contributed by atoms with Crippen LogP contribution < -0.4 is 9.47 Å². The first-order valence-electron chi connectivity index (χ1n) is 14.1. The van der Waals surface area contributed by atoms with Gasteiger partial charge in [0.1, 0.15) is 43.0 Å². The molecule has 0 bridgehead atoms. The van der Waals surface area contributed by atoms with Crippen molar-refractivity contribution in [1.82, 2.24) is 0 Å². The molecule has 0 amide bonds. The Hall–Kier alpha value is -3.76. The van der Waals surface area contributed by atoms with Gasteiger partial charge < -0.3 is 39.4 Å². The quantitative estimate of drug-likeness (QED) is 0.189. The summed E-state index contributed by atoms with van der Waals surface area (Å²) in [5.41, 5.74) is 6.37. The second-order valence-electron chi connectivity index (χ2n) is 10.4. The van der Waals surface area contributed by atoms with E-state index in [0.717, 1.165) is 11.1 Å². The molecule has 1 saturated heterocycles. The zero-order valence-electron chi connectivity index (χ0n) is 23.0. The molecule has 0 aromatic heterocycles. The van der Waals surface area contributed by atoms with E-state index in [4.69, 9.17) is 24.1 Å². The van der Waals surface area contributed by atoms with Gasteiger partial charge in [-0.15, -0.1) is 0 Å². The second kappa shape index (κ2) is 12.2. The van der Waals surface area contributed by atoms with Gasteiger partial charge in [-0.05, 0) is 57.6 Å². The standard InChI is InChI=1S/C34H34O8/c35-17-18-39-24-13-9-22(10-14-24)34(28-7-3-1-5-26(28)27-6-2-4-8-29(27)34)23-11-15-25(16-12-23)40-19-20-41-33-32(38)31(37)30(36)21-42-33/h1-16,30-33,35-38H,17-21H2/t30-,31+,32-,33?/m1/s1. The van der Waals surface area contributed by atoms with Crippen LogP contribution in [-0.4, -0.2) is 78.1 Å². The molecule has 1 fully saturated rings. The van der Waals surface area contributed by atoms with Crippen molar-refractivity contribution in [2.24, 2.45) is 0 Å². The Morgan fingerprint density at radius 1 is 0.643 bits per heavy atom. The van der Waals surface area contributed by atoms with Gasteiger partial charge in [0.25, 0.3) is 0 Å². The summed E-state index contributed by atoms with van der Waals surface area (Å²) >= 11 is 0. The summed E-state index contributed by atoms with van der Waals surface area (Å²) in [6, 6.07) is 33.1. The Balaban J connectivity index is 1.27. The average molecular weight is 571 g/mol. The molecule has 4 aromatic rings. The molecule has 0 spiro atoms. The van der Waals surface area contributed by atoms with Crippen LogP contribution in [0.5, 0.6) is 11.5 Å². The van der Waals surface area contributed by atoms with Crippen LogP contribution in [0.3, 0.4) is 0 Å². The first-order chi connectivity index (χ1) is 20.5. The Morgan fingerprint density at radius 2 is 1.17 bits per heavy atom. The summed E-state index contributed by atoms with van der Waals surface area (Å²) in [5.74, 6) is 1.36.